The molecule has 2 aliphatic rings. The average Bonchev–Trinajstić information content (AvgIpc) is 2.75. The van der Waals surface area contributed by atoms with Crippen LogP contribution in [0.1, 0.15) is 19.8 Å². The van der Waals surface area contributed by atoms with Gasteiger partial charge in [-0.2, -0.15) is 0 Å². The molecule has 3 N–H and O–H groups in total. The van der Waals surface area contributed by atoms with Gasteiger partial charge in [0, 0.05) is 25.6 Å². The summed E-state index contributed by atoms with van der Waals surface area (Å²) in [5.74, 6) is -0.0508. The molecule has 6 heteroatoms. The van der Waals surface area contributed by atoms with Gasteiger partial charge in [-0.15, -0.1) is 0 Å². The molecular formula is C11H19N3O3. The molecule has 0 aliphatic carbocycles. The Hall–Kier alpha value is -1.14. The Bertz CT molecular complexity index is 319. The van der Waals surface area contributed by atoms with Crippen LogP contribution in [0.3, 0.4) is 0 Å². The first-order chi connectivity index (χ1) is 8.08. The minimum Gasteiger partial charge on any atom is -0.373 e. The first kappa shape index (κ1) is 12.3. The lowest BCUT2D eigenvalue weighted by molar-refractivity contribution is -0.142. The third kappa shape index (κ3) is 2.76. The summed E-state index contributed by atoms with van der Waals surface area (Å²) in [4.78, 5) is 25.0. The van der Waals surface area contributed by atoms with Crippen LogP contribution in [0, 0.1) is 0 Å². The van der Waals surface area contributed by atoms with E-state index in [1.54, 1.807) is 4.90 Å². The van der Waals surface area contributed by atoms with Crippen molar-refractivity contribution in [2.24, 2.45) is 5.73 Å². The third-order valence-electron chi connectivity index (χ3n) is 3.28. The fourth-order valence-electron chi connectivity index (χ4n) is 2.21. The second-order valence-corrected chi connectivity index (χ2v) is 4.71. The summed E-state index contributed by atoms with van der Waals surface area (Å²) < 4.78 is 5.50. The zero-order valence-corrected chi connectivity index (χ0v) is 10.0. The Kier molecular flexibility index (Phi) is 3.63. The van der Waals surface area contributed by atoms with Crippen molar-refractivity contribution in [1.82, 2.24) is 10.2 Å². The lowest BCUT2D eigenvalue weighted by Gasteiger charge is -2.35. The first-order valence-corrected chi connectivity index (χ1v) is 6.03. The lowest BCUT2D eigenvalue weighted by atomic mass is 10.1. The summed E-state index contributed by atoms with van der Waals surface area (Å²) in [7, 11) is 0. The second-order valence-electron chi connectivity index (χ2n) is 4.71. The fourth-order valence-corrected chi connectivity index (χ4v) is 2.21. The predicted molar refractivity (Wildman–Crippen MR) is 61.1 cm³/mol. The predicted octanol–water partition coefficient (Wildman–Crippen LogP) is -1.16. The molecule has 6 nitrogen and oxygen atoms in total. The summed E-state index contributed by atoms with van der Waals surface area (Å²) in [6.07, 6.45) is 0.930. The fraction of sp³-hybridized carbons (Fsp3) is 0.818. The summed E-state index contributed by atoms with van der Waals surface area (Å²) in [5, 5.41) is 2.69. The molecule has 0 bridgehead atoms. The molecule has 2 fully saturated rings. The number of nitrogens with zero attached hydrogens (tertiary/aromatic N) is 1. The van der Waals surface area contributed by atoms with Crippen molar-refractivity contribution in [3.05, 3.63) is 0 Å². The summed E-state index contributed by atoms with van der Waals surface area (Å²) in [5.41, 5.74) is 5.77. The van der Waals surface area contributed by atoms with Gasteiger partial charge in [0.05, 0.1) is 12.7 Å². The van der Waals surface area contributed by atoms with E-state index in [1.165, 1.54) is 0 Å². The first-order valence-electron chi connectivity index (χ1n) is 6.03. The molecule has 17 heavy (non-hydrogen) atoms. The Balaban J connectivity index is 1.93. The number of hydrogen-bond acceptors (Lipinski definition) is 4. The van der Waals surface area contributed by atoms with E-state index in [0.717, 1.165) is 0 Å². The third-order valence-corrected chi connectivity index (χ3v) is 3.28. The van der Waals surface area contributed by atoms with E-state index < -0.39 is 0 Å². The van der Waals surface area contributed by atoms with Crippen LogP contribution in [0.2, 0.25) is 0 Å². The molecule has 2 saturated heterocycles. The highest BCUT2D eigenvalue weighted by atomic mass is 16.5. The summed E-state index contributed by atoms with van der Waals surface area (Å²) in [6, 6.07) is -0.446. The molecule has 0 spiro atoms. The molecule has 3 atom stereocenters. The normalized spacial score (nSPS) is 31.2. The molecule has 2 heterocycles. The molecule has 0 aromatic carbocycles. The maximum Gasteiger partial charge on any atom is 0.245 e. The van der Waals surface area contributed by atoms with Gasteiger partial charge >= 0.3 is 0 Å². The minimum atomic E-state index is -0.352. The topological polar surface area (TPSA) is 84.7 Å². The van der Waals surface area contributed by atoms with E-state index in [1.807, 2.05) is 6.92 Å². The van der Waals surface area contributed by atoms with Crippen molar-refractivity contribution in [2.45, 2.75) is 38.0 Å². The molecule has 2 amide bonds. The molecule has 0 radical (unpaired) electrons. The Morgan fingerprint density at radius 1 is 1.65 bits per heavy atom. The monoisotopic (exact) mass is 241 g/mol. The van der Waals surface area contributed by atoms with Crippen molar-refractivity contribution in [3.8, 4) is 0 Å². The van der Waals surface area contributed by atoms with Gasteiger partial charge < -0.3 is 20.7 Å². The van der Waals surface area contributed by atoms with E-state index in [2.05, 4.69) is 5.32 Å². The lowest BCUT2D eigenvalue weighted by Crippen LogP contribution is -2.55. The van der Waals surface area contributed by atoms with Crippen molar-refractivity contribution in [1.29, 1.82) is 0 Å². The molecule has 2 aliphatic heterocycles. The number of amides is 2. The van der Waals surface area contributed by atoms with Crippen LogP contribution in [-0.4, -0.2) is 54.6 Å². The van der Waals surface area contributed by atoms with Crippen molar-refractivity contribution >= 4 is 11.8 Å². The number of nitrogens with two attached hydrogens (primary N) is 1. The van der Waals surface area contributed by atoms with E-state index in [0.29, 0.717) is 32.5 Å². The standard InChI is InChI=1S/C11H19N3O3/c1-7(12)9-6-14(4-5-17-9)11(16)8-2-3-10(15)13-8/h7-9H,2-6,12H2,1H3,(H,13,15)/t7?,8-,9?/m0/s1. The molecule has 0 aromatic rings. The maximum atomic E-state index is 12.1. The Morgan fingerprint density at radius 3 is 3.00 bits per heavy atom. The largest absolute Gasteiger partial charge is 0.373 e. The van der Waals surface area contributed by atoms with Crippen LogP contribution in [0.25, 0.3) is 0 Å². The number of nitrogens with one attached hydrogen (secondary N) is 1. The van der Waals surface area contributed by atoms with Crippen LogP contribution >= 0.6 is 0 Å². The average molecular weight is 241 g/mol. The van der Waals surface area contributed by atoms with Crippen LogP contribution in [-0.2, 0) is 14.3 Å². The molecular weight excluding hydrogens is 222 g/mol. The quantitative estimate of drug-likeness (QED) is 0.638. The van der Waals surface area contributed by atoms with E-state index in [4.69, 9.17) is 10.5 Å². The Morgan fingerprint density at radius 2 is 2.41 bits per heavy atom. The van der Waals surface area contributed by atoms with Gasteiger partial charge in [-0.25, -0.2) is 0 Å². The molecule has 0 aromatic heterocycles. The van der Waals surface area contributed by atoms with E-state index in [9.17, 15) is 9.59 Å². The number of ether oxygens (including phenoxy) is 1. The van der Waals surface area contributed by atoms with Crippen molar-refractivity contribution < 1.29 is 14.3 Å². The van der Waals surface area contributed by atoms with E-state index in [-0.39, 0.29) is 30.0 Å². The van der Waals surface area contributed by atoms with Crippen LogP contribution in [0.4, 0.5) is 0 Å². The van der Waals surface area contributed by atoms with Gasteiger partial charge in [-0.3, -0.25) is 9.59 Å². The molecule has 96 valence electrons. The van der Waals surface area contributed by atoms with Gasteiger partial charge in [0.25, 0.3) is 0 Å². The molecule has 2 unspecified atom stereocenters. The summed E-state index contributed by atoms with van der Waals surface area (Å²) in [6.45, 7) is 3.48. The highest BCUT2D eigenvalue weighted by Crippen LogP contribution is 2.14. The van der Waals surface area contributed by atoms with Crippen molar-refractivity contribution in [3.63, 3.8) is 0 Å². The summed E-state index contributed by atoms with van der Waals surface area (Å²) >= 11 is 0. The second kappa shape index (κ2) is 5.01. The number of carbonyl (C=O) groups excluding carboxylic acids is 2. The number of hydrogen-bond donors (Lipinski definition) is 2. The van der Waals surface area contributed by atoms with Crippen LogP contribution in [0.15, 0.2) is 0 Å². The van der Waals surface area contributed by atoms with Crippen LogP contribution in [0.5, 0.6) is 0 Å². The smallest absolute Gasteiger partial charge is 0.245 e. The zero-order valence-electron chi connectivity index (χ0n) is 10.0. The van der Waals surface area contributed by atoms with Gasteiger partial charge in [0.1, 0.15) is 6.04 Å². The van der Waals surface area contributed by atoms with Gasteiger partial charge in [0.15, 0.2) is 0 Å². The van der Waals surface area contributed by atoms with Gasteiger partial charge in [-0.05, 0) is 13.3 Å². The Labute approximate surface area is 100 Å². The van der Waals surface area contributed by atoms with E-state index >= 15 is 0 Å². The number of morpholine rings is 1. The van der Waals surface area contributed by atoms with Crippen LogP contribution < -0.4 is 11.1 Å². The zero-order chi connectivity index (χ0) is 12.4. The molecule has 0 saturated carbocycles. The number of carbonyl (C=O) groups is 2. The minimum absolute atomic E-state index is 0.00944. The van der Waals surface area contributed by atoms with Crippen molar-refractivity contribution in [2.75, 3.05) is 19.7 Å². The number of rotatable bonds is 2. The highest BCUT2D eigenvalue weighted by molar-refractivity contribution is 5.90. The van der Waals surface area contributed by atoms with Gasteiger partial charge in [0.2, 0.25) is 11.8 Å². The maximum absolute atomic E-state index is 12.1. The SMILES string of the molecule is CC(N)C1CN(C(=O)[C@@H]2CCC(=O)N2)CCO1. The molecule has 2 rings (SSSR count). The highest BCUT2D eigenvalue weighted by Gasteiger charge is 2.34. The van der Waals surface area contributed by atoms with Gasteiger partial charge in [-0.1, -0.05) is 0 Å².